The smallest absolute Gasteiger partial charge is 0.278 e. The number of hydrogen-bond donors (Lipinski definition) is 1. The first-order valence-corrected chi connectivity index (χ1v) is 11.8. The van der Waals surface area contributed by atoms with Gasteiger partial charge >= 0.3 is 0 Å². The van der Waals surface area contributed by atoms with Crippen LogP contribution in [0.5, 0.6) is 0 Å². The highest BCUT2D eigenvalue weighted by atomic mass is 16.5. The normalized spacial score (nSPS) is 11.3. The third-order valence-electron chi connectivity index (χ3n) is 6.26. The number of para-hydroxylation sites is 2. The molecule has 0 saturated heterocycles. The molecule has 0 spiro atoms. The van der Waals surface area contributed by atoms with E-state index in [9.17, 15) is 9.59 Å². The Labute approximate surface area is 211 Å². The Morgan fingerprint density at radius 2 is 1.73 bits per heavy atom. The Balaban J connectivity index is 1.38. The lowest BCUT2D eigenvalue weighted by atomic mass is 10.2. The summed E-state index contributed by atoms with van der Waals surface area (Å²) in [6.07, 6.45) is 1.47. The minimum Gasteiger partial charge on any atom is -0.337 e. The molecule has 0 aliphatic heterocycles. The minimum atomic E-state index is -0.302. The maximum absolute atomic E-state index is 13.7. The Morgan fingerprint density at radius 3 is 2.57 bits per heavy atom. The topological polar surface area (TPSA) is 108 Å². The van der Waals surface area contributed by atoms with E-state index >= 15 is 0 Å². The van der Waals surface area contributed by atoms with Crippen LogP contribution in [-0.2, 0) is 17.9 Å². The van der Waals surface area contributed by atoms with Crippen molar-refractivity contribution in [2.75, 3.05) is 5.32 Å². The highest BCUT2D eigenvalue weighted by Crippen LogP contribution is 2.25. The van der Waals surface area contributed by atoms with Crippen molar-refractivity contribution in [1.82, 2.24) is 24.3 Å². The Morgan fingerprint density at radius 1 is 0.973 bits per heavy atom. The van der Waals surface area contributed by atoms with Crippen LogP contribution < -0.4 is 10.9 Å². The lowest BCUT2D eigenvalue weighted by Crippen LogP contribution is -2.25. The van der Waals surface area contributed by atoms with Crippen LogP contribution in [0.2, 0.25) is 0 Å². The Hall–Kier alpha value is -5.05. The molecule has 0 aliphatic carbocycles. The molecule has 9 nitrogen and oxygen atoms in total. The molecule has 0 atom stereocenters. The molecule has 0 unspecified atom stereocenters. The molecular weight excluding hydrogens is 468 g/mol. The number of amides is 1. The van der Waals surface area contributed by atoms with E-state index in [-0.39, 0.29) is 30.4 Å². The highest BCUT2D eigenvalue weighted by Gasteiger charge is 2.19. The summed E-state index contributed by atoms with van der Waals surface area (Å²) in [6, 6.07) is 24.6. The van der Waals surface area contributed by atoms with Crippen molar-refractivity contribution >= 4 is 33.5 Å². The minimum absolute atomic E-state index is 0.0437. The molecule has 9 heteroatoms. The number of rotatable bonds is 6. The third kappa shape index (κ3) is 4.16. The lowest BCUT2D eigenvalue weighted by Gasteiger charge is -2.11. The number of hydrogen-bond acceptors (Lipinski definition) is 6. The predicted octanol–water partition coefficient (Wildman–Crippen LogP) is 4.40. The van der Waals surface area contributed by atoms with Crippen molar-refractivity contribution < 1.29 is 9.32 Å². The molecule has 6 aromatic rings. The standard InChI is InChI=1S/C28H22N6O3/c1-18-9-5-7-13-21(18)30-23(35)15-34-22-14-8-6-12-20(22)25-26(34)28(36)33(17-29-25)16-24-31-27(32-37-24)19-10-3-2-4-11-19/h2-14,17H,15-16H2,1H3,(H,30,35). The van der Waals surface area contributed by atoms with Crippen LogP contribution in [0.25, 0.3) is 33.3 Å². The second kappa shape index (κ2) is 9.19. The molecule has 0 bridgehead atoms. The maximum Gasteiger partial charge on any atom is 0.278 e. The maximum atomic E-state index is 13.7. The first kappa shape index (κ1) is 22.4. The van der Waals surface area contributed by atoms with Gasteiger partial charge in [-0.25, -0.2) is 4.98 Å². The van der Waals surface area contributed by atoms with E-state index in [1.165, 1.54) is 10.9 Å². The quantitative estimate of drug-likeness (QED) is 0.371. The van der Waals surface area contributed by atoms with Crippen molar-refractivity contribution in [2.24, 2.45) is 0 Å². The first-order valence-electron chi connectivity index (χ1n) is 11.8. The molecule has 3 aromatic carbocycles. The number of aryl methyl sites for hydroxylation is 1. The van der Waals surface area contributed by atoms with E-state index in [0.717, 1.165) is 27.7 Å². The van der Waals surface area contributed by atoms with Gasteiger partial charge in [0.25, 0.3) is 5.56 Å². The van der Waals surface area contributed by atoms with Crippen molar-refractivity contribution in [3.05, 3.63) is 107 Å². The Bertz CT molecular complexity index is 1820. The van der Waals surface area contributed by atoms with Crippen LogP contribution in [0, 0.1) is 6.92 Å². The fourth-order valence-corrected chi connectivity index (χ4v) is 4.44. The highest BCUT2D eigenvalue weighted by molar-refractivity contribution is 6.06. The van der Waals surface area contributed by atoms with Gasteiger partial charge in [0.05, 0.1) is 11.8 Å². The fourth-order valence-electron chi connectivity index (χ4n) is 4.44. The molecule has 182 valence electrons. The Kier molecular flexibility index (Phi) is 5.57. The monoisotopic (exact) mass is 490 g/mol. The summed E-state index contributed by atoms with van der Waals surface area (Å²) in [4.78, 5) is 35.7. The van der Waals surface area contributed by atoms with Crippen molar-refractivity contribution in [1.29, 1.82) is 0 Å². The summed E-state index contributed by atoms with van der Waals surface area (Å²) >= 11 is 0. The van der Waals surface area contributed by atoms with E-state index in [1.54, 1.807) is 4.57 Å². The average Bonchev–Trinajstić information content (AvgIpc) is 3.51. The van der Waals surface area contributed by atoms with Crippen LogP contribution in [0.4, 0.5) is 5.69 Å². The number of benzene rings is 3. The van der Waals surface area contributed by atoms with E-state index < -0.39 is 0 Å². The van der Waals surface area contributed by atoms with E-state index in [1.807, 2.05) is 85.8 Å². The number of aromatic nitrogens is 5. The largest absolute Gasteiger partial charge is 0.337 e. The van der Waals surface area contributed by atoms with Crippen LogP contribution in [0.3, 0.4) is 0 Å². The zero-order valence-electron chi connectivity index (χ0n) is 20.0. The van der Waals surface area contributed by atoms with Gasteiger partial charge in [0, 0.05) is 16.6 Å². The van der Waals surface area contributed by atoms with Gasteiger partial charge in [-0.1, -0.05) is 71.9 Å². The number of nitrogens with one attached hydrogen (secondary N) is 1. The van der Waals surface area contributed by atoms with Crippen LogP contribution in [-0.4, -0.2) is 30.2 Å². The molecule has 0 aliphatic rings. The molecule has 1 N–H and O–H groups in total. The summed E-state index contributed by atoms with van der Waals surface area (Å²) in [5.74, 6) is 0.484. The number of carbonyl (C=O) groups excluding carboxylic acids is 1. The number of carbonyl (C=O) groups is 1. The average molecular weight is 491 g/mol. The van der Waals surface area contributed by atoms with Gasteiger partial charge in [0.2, 0.25) is 17.6 Å². The second-order valence-corrected chi connectivity index (χ2v) is 8.72. The SMILES string of the molecule is Cc1ccccc1NC(=O)Cn1c2ccccc2c2ncn(Cc3nc(-c4ccccc4)no3)c(=O)c21. The number of nitrogens with zero attached hydrogens (tertiary/aromatic N) is 5. The van der Waals surface area contributed by atoms with Crippen LogP contribution >= 0.6 is 0 Å². The number of anilines is 1. The molecule has 0 fully saturated rings. The van der Waals surface area contributed by atoms with Crippen LogP contribution in [0.15, 0.2) is 94.5 Å². The molecule has 3 aromatic heterocycles. The summed E-state index contributed by atoms with van der Waals surface area (Å²) in [6.45, 7) is 1.94. The molecule has 1 amide bonds. The van der Waals surface area contributed by atoms with E-state index in [4.69, 9.17) is 4.52 Å². The summed E-state index contributed by atoms with van der Waals surface area (Å²) in [5.41, 5.74) is 3.83. The van der Waals surface area contributed by atoms with Gasteiger partial charge in [0.1, 0.15) is 24.1 Å². The fraction of sp³-hybridized carbons (Fsp3) is 0.107. The first-order chi connectivity index (χ1) is 18.1. The zero-order chi connectivity index (χ0) is 25.4. The summed E-state index contributed by atoms with van der Waals surface area (Å²) < 4.78 is 8.53. The van der Waals surface area contributed by atoms with Gasteiger partial charge in [-0.3, -0.25) is 14.2 Å². The summed E-state index contributed by atoms with van der Waals surface area (Å²) in [7, 11) is 0. The molecule has 37 heavy (non-hydrogen) atoms. The molecule has 0 radical (unpaired) electrons. The molecular formula is C28H22N6O3. The zero-order valence-corrected chi connectivity index (χ0v) is 20.0. The molecule has 0 saturated carbocycles. The second-order valence-electron chi connectivity index (χ2n) is 8.72. The van der Waals surface area contributed by atoms with Crippen molar-refractivity contribution in [3.63, 3.8) is 0 Å². The molecule has 3 heterocycles. The summed E-state index contributed by atoms with van der Waals surface area (Å²) in [5, 5.41) is 7.78. The van der Waals surface area contributed by atoms with Gasteiger partial charge < -0.3 is 14.4 Å². The number of fused-ring (bicyclic) bond motifs is 3. The predicted molar refractivity (Wildman–Crippen MR) is 140 cm³/mol. The van der Waals surface area contributed by atoms with Crippen LogP contribution in [0.1, 0.15) is 11.5 Å². The van der Waals surface area contributed by atoms with E-state index in [2.05, 4.69) is 20.4 Å². The van der Waals surface area contributed by atoms with Crippen molar-refractivity contribution in [3.8, 4) is 11.4 Å². The van der Waals surface area contributed by atoms with Gasteiger partial charge in [-0.05, 0) is 24.6 Å². The van der Waals surface area contributed by atoms with E-state index in [0.29, 0.717) is 16.9 Å². The van der Waals surface area contributed by atoms with Gasteiger partial charge in [-0.2, -0.15) is 4.98 Å². The third-order valence-corrected chi connectivity index (χ3v) is 6.26. The lowest BCUT2D eigenvalue weighted by molar-refractivity contribution is -0.116. The van der Waals surface area contributed by atoms with Gasteiger partial charge in [-0.15, -0.1) is 0 Å². The van der Waals surface area contributed by atoms with Gasteiger partial charge in [0.15, 0.2) is 0 Å². The molecule has 6 rings (SSSR count). The van der Waals surface area contributed by atoms with Crippen molar-refractivity contribution in [2.45, 2.75) is 20.0 Å².